The van der Waals surface area contributed by atoms with E-state index in [2.05, 4.69) is 25.7 Å². The number of hydrogen-bond donors (Lipinski definition) is 1. The van der Waals surface area contributed by atoms with Crippen molar-refractivity contribution in [1.29, 1.82) is 0 Å². The van der Waals surface area contributed by atoms with E-state index in [1.165, 1.54) is 32.1 Å². The Morgan fingerprint density at radius 1 is 1.31 bits per heavy atom. The van der Waals surface area contributed by atoms with Gasteiger partial charge in [-0.3, -0.25) is 9.69 Å². The van der Waals surface area contributed by atoms with Gasteiger partial charge in [-0.1, -0.05) is 13.3 Å². The van der Waals surface area contributed by atoms with Crippen molar-refractivity contribution in [3.8, 4) is 0 Å². The summed E-state index contributed by atoms with van der Waals surface area (Å²) in [5, 5.41) is 8.92. The predicted molar refractivity (Wildman–Crippen MR) is 65.5 cm³/mol. The SMILES string of the molecule is CCC1CCC(N(CC(=O)O)C(C)C)CC1. The number of hydrogen-bond acceptors (Lipinski definition) is 2. The Balaban J connectivity index is 2.50. The Morgan fingerprint density at radius 2 is 1.88 bits per heavy atom. The number of carbonyl (C=O) groups is 1. The van der Waals surface area contributed by atoms with E-state index >= 15 is 0 Å². The zero-order valence-corrected chi connectivity index (χ0v) is 10.8. The van der Waals surface area contributed by atoms with Crippen molar-refractivity contribution in [2.75, 3.05) is 6.54 Å². The van der Waals surface area contributed by atoms with E-state index in [-0.39, 0.29) is 6.54 Å². The third kappa shape index (κ3) is 3.78. The molecule has 0 aromatic heterocycles. The predicted octanol–water partition coefficient (Wildman–Crippen LogP) is 2.75. The van der Waals surface area contributed by atoms with E-state index in [0.29, 0.717) is 12.1 Å². The Hall–Kier alpha value is -0.570. The third-order valence-electron chi connectivity index (χ3n) is 3.84. The molecule has 1 N–H and O–H groups in total. The highest BCUT2D eigenvalue weighted by atomic mass is 16.4. The van der Waals surface area contributed by atoms with Gasteiger partial charge in [0.15, 0.2) is 0 Å². The van der Waals surface area contributed by atoms with Gasteiger partial charge in [-0.2, -0.15) is 0 Å². The molecule has 94 valence electrons. The Labute approximate surface area is 98.8 Å². The summed E-state index contributed by atoms with van der Waals surface area (Å²) in [6.45, 7) is 6.63. The number of carboxylic acid groups (broad SMARTS) is 1. The van der Waals surface area contributed by atoms with Crippen LogP contribution in [0.1, 0.15) is 52.9 Å². The van der Waals surface area contributed by atoms with Crippen LogP contribution in [0.4, 0.5) is 0 Å². The number of rotatable bonds is 5. The molecule has 1 aliphatic rings. The van der Waals surface area contributed by atoms with Gasteiger partial charge in [-0.05, 0) is 45.4 Å². The lowest BCUT2D eigenvalue weighted by molar-refractivity contribution is -0.139. The molecule has 0 aliphatic heterocycles. The molecule has 0 unspecified atom stereocenters. The molecule has 0 heterocycles. The van der Waals surface area contributed by atoms with Gasteiger partial charge in [0.25, 0.3) is 0 Å². The third-order valence-corrected chi connectivity index (χ3v) is 3.84. The Morgan fingerprint density at radius 3 is 2.25 bits per heavy atom. The summed E-state index contributed by atoms with van der Waals surface area (Å²) < 4.78 is 0. The second-order valence-corrected chi connectivity index (χ2v) is 5.24. The molecule has 0 spiro atoms. The van der Waals surface area contributed by atoms with E-state index < -0.39 is 5.97 Å². The topological polar surface area (TPSA) is 40.5 Å². The fourth-order valence-corrected chi connectivity index (χ4v) is 2.77. The zero-order chi connectivity index (χ0) is 12.1. The summed E-state index contributed by atoms with van der Waals surface area (Å²) in [5.74, 6) is 0.168. The van der Waals surface area contributed by atoms with Gasteiger partial charge in [-0.15, -0.1) is 0 Å². The van der Waals surface area contributed by atoms with Crippen molar-refractivity contribution in [1.82, 2.24) is 4.90 Å². The van der Waals surface area contributed by atoms with Gasteiger partial charge in [0, 0.05) is 12.1 Å². The first-order valence-corrected chi connectivity index (χ1v) is 6.52. The molecule has 1 saturated carbocycles. The number of carboxylic acids is 1. The molecule has 3 heteroatoms. The van der Waals surface area contributed by atoms with Crippen LogP contribution in [-0.2, 0) is 4.79 Å². The minimum atomic E-state index is -0.702. The molecule has 1 rings (SSSR count). The fourth-order valence-electron chi connectivity index (χ4n) is 2.77. The van der Waals surface area contributed by atoms with Crippen molar-refractivity contribution in [3.05, 3.63) is 0 Å². The molecule has 1 aliphatic carbocycles. The van der Waals surface area contributed by atoms with E-state index in [0.717, 1.165) is 5.92 Å². The smallest absolute Gasteiger partial charge is 0.317 e. The minimum Gasteiger partial charge on any atom is -0.480 e. The molecule has 0 aromatic carbocycles. The van der Waals surface area contributed by atoms with E-state index in [9.17, 15) is 4.79 Å². The van der Waals surface area contributed by atoms with Crippen molar-refractivity contribution < 1.29 is 9.90 Å². The lowest BCUT2D eigenvalue weighted by Crippen LogP contribution is -2.45. The monoisotopic (exact) mass is 227 g/mol. The first-order valence-electron chi connectivity index (χ1n) is 6.52. The van der Waals surface area contributed by atoms with Gasteiger partial charge in [0.05, 0.1) is 6.54 Å². The highest BCUT2D eigenvalue weighted by Crippen LogP contribution is 2.30. The van der Waals surface area contributed by atoms with Gasteiger partial charge >= 0.3 is 5.97 Å². The molecule has 3 nitrogen and oxygen atoms in total. The quantitative estimate of drug-likeness (QED) is 0.785. The molecule has 0 aromatic rings. The molecule has 0 atom stereocenters. The van der Waals surface area contributed by atoms with Crippen LogP contribution in [0.25, 0.3) is 0 Å². The Kier molecular flexibility index (Phi) is 5.26. The molecule has 0 bridgehead atoms. The highest BCUT2D eigenvalue weighted by molar-refractivity contribution is 5.69. The summed E-state index contributed by atoms with van der Waals surface area (Å²) in [6.07, 6.45) is 6.15. The maximum atomic E-state index is 10.8. The summed E-state index contributed by atoms with van der Waals surface area (Å²) in [5.41, 5.74) is 0. The van der Waals surface area contributed by atoms with Crippen LogP contribution >= 0.6 is 0 Å². The Bertz CT molecular complexity index is 220. The molecule has 0 amide bonds. The van der Waals surface area contributed by atoms with Crippen molar-refractivity contribution in [2.24, 2.45) is 5.92 Å². The second-order valence-electron chi connectivity index (χ2n) is 5.24. The normalized spacial score (nSPS) is 26.3. The second kappa shape index (κ2) is 6.24. The number of nitrogens with zero attached hydrogens (tertiary/aromatic N) is 1. The number of aliphatic carboxylic acids is 1. The maximum absolute atomic E-state index is 10.8. The largest absolute Gasteiger partial charge is 0.480 e. The molecular weight excluding hydrogens is 202 g/mol. The minimum absolute atomic E-state index is 0.194. The fraction of sp³-hybridized carbons (Fsp3) is 0.923. The summed E-state index contributed by atoms with van der Waals surface area (Å²) in [6, 6.07) is 0.818. The standard InChI is InChI=1S/C13H25NO2/c1-4-11-5-7-12(8-6-11)14(10(2)3)9-13(15)16/h10-12H,4-9H2,1-3H3,(H,15,16). The van der Waals surface area contributed by atoms with Crippen LogP contribution in [0.15, 0.2) is 0 Å². The average Bonchev–Trinajstić information content (AvgIpc) is 2.25. The van der Waals surface area contributed by atoms with Crippen LogP contribution in [-0.4, -0.2) is 34.6 Å². The first-order chi connectivity index (χ1) is 7.54. The van der Waals surface area contributed by atoms with Gasteiger partial charge in [0.2, 0.25) is 0 Å². The summed E-state index contributed by atoms with van der Waals surface area (Å²) >= 11 is 0. The van der Waals surface area contributed by atoms with Crippen LogP contribution < -0.4 is 0 Å². The lowest BCUT2D eigenvalue weighted by atomic mass is 9.83. The lowest BCUT2D eigenvalue weighted by Gasteiger charge is -2.38. The summed E-state index contributed by atoms with van der Waals surface area (Å²) in [7, 11) is 0. The van der Waals surface area contributed by atoms with Crippen LogP contribution in [0.5, 0.6) is 0 Å². The van der Waals surface area contributed by atoms with Gasteiger partial charge in [-0.25, -0.2) is 0 Å². The van der Waals surface area contributed by atoms with Gasteiger partial charge in [0.1, 0.15) is 0 Å². The summed E-state index contributed by atoms with van der Waals surface area (Å²) in [4.78, 5) is 13.0. The van der Waals surface area contributed by atoms with Crippen molar-refractivity contribution in [2.45, 2.75) is 65.0 Å². The van der Waals surface area contributed by atoms with Crippen LogP contribution in [0, 0.1) is 5.92 Å². The molecule has 16 heavy (non-hydrogen) atoms. The van der Waals surface area contributed by atoms with Gasteiger partial charge < -0.3 is 5.11 Å². The average molecular weight is 227 g/mol. The van der Waals surface area contributed by atoms with Crippen molar-refractivity contribution in [3.63, 3.8) is 0 Å². The van der Waals surface area contributed by atoms with E-state index in [1.54, 1.807) is 0 Å². The highest BCUT2D eigenvalue weighted by Gasteiger charge is 2.27. The van der Waals surface area contributed by atoms with E-state index in [4.69, 9.17) is 5.11 Å². The molecule has 1 fully saturated rings. The zero-order valence-electron chi connectivity index (χ0n) is 10.8. The van der Waals surface area contributed by atoms with Crippen LogP contribution in [0.2, 0.25) is 0 Å². The maximum Gasteiger partial charge on any atom is 0.317 e. The first kappa shape index (κ1) is 13.5. The molecule has 0 saturated heterocycles. The van der Waals surface area contributed by atoms with Crippen LogP contribution in [0.3, 0.4) is 0 Å². The van der Waals surface area contributed by atoms with Crippen molar-refractivity contribution >= 4 is 5.97 Å². The van der Waals surface area contributed by atoms with E-state index in [1.807, 2.05) is 0 Å². The molecule has 0 radical (unpaired) electrons. The molecular formula is C13H25NO2.